The maximum atomic E-state index is 8.80. The first-order chi connectivity index (χ1) is 9.10. The Morgan fingerprint density at radius 3 is 2.53 bits per heavy atom. The van der Waals surface area contributed by atoms with Crippen LogP contribution in [0.25, 0.3) is 0 Å². The van der Waals surface area contributed by atoms with E-state index < -0.39 is 0 Å². The zero-order valence-electron chi connectivity index (χ0n) is 9.75. The van der Waals surface area contributed by atoms with Crippen LogP contribution in [0.4, 0.5) is 5.69 Å². The Labute approximate surface area is 130 Å². The number of halogens is 3. The van der Waals surface area contributed by atoms with Gasteiger partial charge in [0, 0.05) is 16.7 Å². The summed E-state index contributed by atoms with van der Waals surface area (Å²) in [5.41, 5.74) is 2.40. The third-order valence-corrected chi connectivity index (χ3v) is 4.12. The summed E-state index contributed by atoms with van der Waals surface area (Å²) in [6, 6.07) is 13.1. The first-order valence-corrected chi connectivity index (χ1v) is 7.02. The molecule has 96 valence electrons. The predicted octanol–water partition coefficient (Wildman–Crippen LogP) is 5.24. The van der Waals surface area contributed by atoms with E-state index in [1.54, 1.807) is 12.1 Å². The zero-order valence-corrected chi connectivity index (χ0v) is 12.9. The van der Waals surface area contributed by atoms with Crippen LogP contribution < -0.4 is 5.32 Å². The van der Waals surface area contributed by atoms with Gasteiger partial charge in [-0.15, -0.1) is 0 Å². The lowest BCUT2D eigenvalue weighted by Gasteiger charge is -2.08. The molecule has 0 atom stereocenters. The Morgan fingerprint density at radius 2 is 1.89 bits per heavy atom. The Morgan fingerprint density at radius 1 is 1.11 bits per heavy atom. The van der Waals surface area contributed by atoms with Crippen molar-refractivity contribution in [1.29, 1.82) is 5.26 Å². The summed E-state index contributed by atoms with van der Waals surface area (Å²) < 4.78 is 0.874. The van der Waals surface area contributed by atoms with Crippen molar-refractivity contribution in [3.63, 3.8) is 0 Å². The maximum Gasteiger partial charge on any atom is 0.101 e. The Bertz CT molecular complexity index is 650. The standard InChI is InChI=1S/C14H9BrCl2N2/c15-12-4-1-9(5-14(12)17)8-19-11-3-2-10(7-18)13(16)6-11/h1-6,19H,8H2. The fourth-order valence-electron chi connectivity index (χ4n) is 1.57. The predicted molar refractivity (Wildman–Crippen MR) is 82.6 cm³/mol. The van der Waals surface area contributed by atoms with Gasteiger partial charge in [-0.1, -0.05) is 29.3 Å². The quantitative estimate of drug-likeness (QED) is 0.817. The molecule has 0 heterocycles. The van der Waals surface area contributed by atoms with Gasteiger partial charge >= 0.3 is 0 Å². The number of hydrogen-bond donors (Lipinski definition) is 1. The van der Waals surface area contributed by atoms with E-state index in [1.807, 2.05) is 30.3 Å². The normalized spacial score (nSPS) is 10.0. The van der Waals surface area contributed by atoms with E-state index >= 15 is 0 Å². The van der Waals surface area contributed by atoms with Crippen molar-refractivity contribution < 1.29 is 0 Å². The molecule has 0 bridgehead atoms. The van der Waals surface area contributed by atoms with Crippen LogP contribution in [-0.4, -0.2) is 0 Å². The molecule has 2 aromatic rings. The molecule has 19 heavy (non-hydrogen) atoms. The lowest BCUT2D eigenvalue weighted by atomic mass is 10.2. The van der Waals surface area contributed by atoms with Crippen molar-refractivity contribution in [3.05, 3.63) is 62.0 Å². The average Bonchev–Trinajstić information content (AvgIpc) is 2.40. The van der Waals surface area contributed by atoms with E-state index in [0.717, 1.165) is 15.7 Å². The van der Waals surface area contributed by atoms with E-state index in [4.69, 9.17) is 28.5 Å². The molecule has 0 saturated heterocycles. The van der Waals surface area contributed by atoms with Crippen LogP contribution in [0.15, 0.2) is 40.9 Å². The van der Waals surface area contributed by atoms with Crippen molar-refractivity contribution in [2.45, 2.75) is 6.54 Å². The van der Waals surface area contributed by atoms with Gasteiger partial charge in [0.15, 0.2) is 0 Å². The van der Waals surface area contributed by atoms with Gasteiger partial charge < -0.3 is 5.32 Å². The van der Waals surface area contributed by atoms with Crippen molar-refractivity contribution in [3.8, 4) is 6.07 Å². The van der Waals surface area contributed by atoms with Gasteiger partial charge in [-0.3, -0.25) is 0 Å². The van der Waals surface area contributed by atoms with E-state index in [-0.39, 0.29) is 0 Å². The molecule has 0 unspecified atom stereocenters. The molecule has 5 heteroatoms. The zero-order chi connectivity index (χ0) is 13.8. The van der Waals surface area contributed by atoms with Gasteiger partial charge in [-0.2, -0.15) is 5.26 Å². The van der Waals surface area contributed by atoms with Crippen LogP contribution in [0, 0.1) is 11.3 Å². The monoisotopic (exact) mass is 354 g/mol. The second kappa shape index (κ2) is 6.29. The second-order valence-electron chi connectivity index (χ2n) is 3.91. The fraction of sp³-hybridized carbons (Fsp3) is 0.0714. The van der Waals surface area contributed by atoms with Crippen molar-refractivity contribution in [2.24, 2.45) is 0 Å². The SMILES string of the molecule is N#Cc1ccc(NCc2ccc(Br)c(Cl)c2)cc1Cl. The Kier molecular flexibility index (Phi) is 4.71. The van der Waals surface area contributed by atoms with Crippen LogP contribution in [-0.2, 0) is 6.54 Å². The minimum absolute atomic E-state index is 0.446. The molecule has 0 spiro atoms. The van der Waals surface area contributed by atoms with Gasteiger partial charge in [0.2, 0.25) is 0 Å². The highest BCUT2D eigenvalue weighted by Gasteiger charge is 2.02. The van der Waals surface area contributed by atoms with Crippen LogP contribution >= 0.6 is 39.1 Å². The lowest BCUT2D eigenvalue weighted by Crippen LogP contribution is -1.99. The summed E-state index contributed by atoms with van der Waals surface area (Å²) in [6.07, 6.45) is 0. The highest BCUT2D eigenvalue weighted by Crippen LogP contribution is 2.24. The molecule has 2 rings (SSSR count). The average molecular weight is 356 g/mol. The minimum atomic E-state index is 0.446. The largest absolute Gasteiger partial charge is 0.381 e. The Hall–Kier alpha value is -1.21. The van der Waals surface area contributed by atoms with E-state index in [1.165, 1.54) is 0 Å². The molecule has 2 aromatic carbocycles. The summed E-state index contributed by atoms with van der Waals surface area (Å²) in [4.78, 5) is 0. The van der Waals surface area contributed by atoms with Crippen molar-refractivity contribution >= 4 is 44.8 Å². The van der Waals surface area contributed by atoms with E-state index in [9.17, 15) is 0 Å². The van der Waals surface area contributed by atoms with Crippen LogP contribution in [0.3, 0.4) is 0 Å². The molecular formula is C14H9BrCl2N2. The van der Waals surface area contributed by atoms with Gasteiger partial charge in [0.1, 0.15) is 6.07 Å². The minimum Gasteiger partial charge on any atom is -0.381 e. The molecule has 0 fully saturated rings. The van der Waals surface area contributed by atoms with Crippen LogP contribution in [0.2, 0.25) is 10.0 Å². The van der Waals surface area contributed by atoms with Crippen molar-refractivity contribution in [2.75, 3.05) is 5.32 Å². The summed E-state index contributed by atoms with van der Waals surface area (Å²) in [7, 11) is 0. The summed E-state index contributed by atoms with van der Waals surface area (Å²) in [5, 5.41) is 13.2. The second-order valence-corrected chi connectivity index (χ2v) is 5.58. The first-order valence-electron chi connectivity index (χ1n) is 5.47. The molecule has 0 radical (unpaired) electrons. The maximum absolute atomic E-state index is 8.80. The molecule has 0 aliphatic rings. The molecule has 0 amide bonds. The molecule has 0 aromatic heterocycles. The molecule has 0 saturated carbocycles. The molecule has 2 nitrogen and oxygen atoms in total. The topological polar surface area (TPSA) is 35.8 Å². The molecule has 0 aliphatic carbocycles. The fourth-order valence-corrected chi connectivity index (χ4v) is 2.24. The van der Waals surface area contributed by atoms with Crippen LogP contribution in [0.5, 0.6) is 0 Å². The van der Waals surface area contributed by atoms with E-state index in [0.29, 0.717) is 22.2 Å². The third-order valence-electron chi connectivity index (χ3n) is 2.57. The number of nitriles is 1. The van der Waals surface area contributed by atoms with Gasteiger partial charge in [-0.05, 0) is 51.8 Å². The smallest absolute Gasteiger partial charge is 0.101 e. The molecular weight excluding hydrogens is 347 g/mol. The van der Waals surface area contributed by atoms with Gasteiger partial charge in [0.05, 0.1) is 15.6 Å². The van der Waals surface area contributed by atoms with Gasteiger partial charge in [0.25, 0.3) is 0 Å². The molecule has 1 N–H and O–H groups in total. The lowest BCUT2D eigenvalue weighted by molar-refractivity contribution is 1.15. The Balaban J connectivity index is 2.08. The highest BCUT2D eigenvalue weighted by atomic mass is 79.9. The third kappa shape index (κ3) is 3.63. The molecule has 0 aliphatic heterocycles. The number of nitrogens with one attached hydrogen (secondary N) is 1. The summed E-state index contributed by atoms with van der Waals surface area (Å²) in [6.45, 7) is 0.634. The number of benzene rings is 2. The summed E-state index contributed by atoms with van der Waals surface area (Å²) in [5.74, 6) is 0. The van der Waals surface area contributed by atoms with Crippen molar-refractivity contribution in [1.82, 2.24) is 0 Å². The first kappa shape index (κ1) is 14.2. The number of anilines is 1. The van der Waals surface area contributed by atoms with E-state index in [2.05, 4.69) is 21.2 Å². The highest BCUT2D eigenvalue weighted by molar-refractivity contribution is 9.10. The number of nitrogens with zero attached hydrogens (tertiary/aromatic N) is 1. The van der Waals surface area contributed by atoms with Gasteiger partial charge in [-0.25, -0.2) is 0 Å². The number of hydrogen-bond acceptors (Lipinski definition) is 2. The van der Waals surface area contributed by atoms with Crippen LogP contribution in [0.1, 0.15) is 11.1 Å². The number of rotatable bonds is 3. The summed E-state index contributed by atoms with van der Waals surface area (Å²) >= 11 is 15.3.